The molecule has 0 radical (unpaired) electrons. The van der Waals surface area contributed by atoms with Gasteiger partial charge in [0.05, 0.1) is 13.1 Å². The molecule has 21 heavy (non-hydrogen) atoms. The van der Waals surface area contributed by atoms with Crippen LogP contribution in [0.15, 0.2) is 41.8 Å². The molecule has 0 fully saturated rings. The molecule has 2 amide bonds. The van der Waals surface area contributed by atoms with Crippen LogP contribution in [0.5, 0.6) is 0 Å². The Bertz CT molecular complexity index is 593. The Morgan fingerprint density at radius 1 is 1.24 bits per heavy atom. The van der Waals surface area contributed by atoms with E-state index in [1.54, 1.807) is 18.3 Å². The van der Waals surface area contributed by atoms with Crippen LogP contribution in [0, 0.1) is 6.92 Å². The third-order valence-electron chi connectivity index (χ3n) is 3.37. The normalized spacial score (nSPS) is 13.5. The summed E-state index contributed by atoms with van der Waals surface area (Å²) in [5.41, 5.74) is 0.869. The summed E-state index contributed by atoms with van der Waals surface area (Å²) in [5, 5.41) is 17.9. The fourth-order valence-corrected chi connectivity index (χ4v) is 2.81. The van der Waals surface area contributed by atoms with E-state index in [-0.39, 0.29) is 12.6 Å². The lowest BCUT2D eigenvalue weighted by Crippen LogP contribution is -2.43. The lowest BCUT2D eigenvalue weighted by Gasteiger charge is -2.24. The third kappa shape index (κ3) is 4.31. The Kier molecular flexibility index (Phi) is 4.98. The fraction of sp³-hybridized carbons (Fsp3) is 0.312. The van der Waals surface area contributed by atoms with E-state index in [9.17, 15) is 9.90 Å². The van der Waals surface area contributed by atoms with Crippen molar-refractivity contribution in [2.75, 3.05) is 6.54 Å². The molecule has 1 aromatic heterocycles. The quantitative estimate of drug-likeness (QED) is 0.795. The molecule has 0 saturated carbocycles. The van der Waals surface area contributed by atoms with Crippen molar-refractivity contribution in [1.29, 1.82) is 0 Å². The number of hydrogen-bond donors (Lipinski definition) is 3. The third-order valence-corrected chi connectivity index (χ3v) is 4.39. The van der Waals surface area contributed by atoms with Gasteiger partial charge in [0.15, 0.2) is 0 Å². The van der Waals surface area contributed by atoms with Crippen molar-refractivity contribution in [3.05, 3.63) is 57.8 Å². The van der Waals surface area contributed by atoms with Crippen LogP contribution in [0.1, 0.15) is 22.9 Å². The SMILES string of the molecule is Cc1ccsc1CNC(=O)NCC(C)(O)c1ccccc1. The molecule has 1 heterocycles. The van der Waals surface area contributed by atoms with Crippen LogP contribution in [-0.2, 0) is 12.1 Å². The van der Waals surface area contributed by atoms with Crippen LogP contribution in [-0.4, -0.2) is 17.7 Å². The standard InChI is InChI=1S/C16H20N2O2S/c1-12-8-9-21-14(12)10-17-15(19)18-11-16(2,20)13-6-4-3-5-7-13/h3-9,20H,10-11H2,1-2H3,(H2,17,18,19). The zero-order chi connectivity index (χ0) is 15.3. The van der Waals surface area contributed by atoms with Gasteiger partial charge in [-0.1, -0.05) is 30.3 Å². The average molecular weight is 304 g/mol. The first-order valence-electron chi connectivity index (χ1n) is 6.81. The van der Waals surface area contributed by atoms with Crippen LogP contribution in [0.25, 0.3) is 0 Å². The van der Waals surface area contributed by atoms with Crippen molar-refractivity contribution >= 4 is 17.4 Å². The Morgan fingerprint density at radius 3 is 2.57 bits per heavy atom. The number of thiophene rings is 1. The zero-order valence-electron chi connectivity index (χ0n) is 12.2. The molecular weight excluding hydrogens is 284 g/mol. The number of aliphatic hydroxyl groups is 1. The van der Waals surface area contributed by atoms with E-state index in [0.717, 1.165) is 10.4 Å². The van der Waals surface area contributed by atoms with E-state index in [1.165, 1.54) is 5.56 Å². The molecule has 1 unspecified atom stereocenters. The van der Waals surface area contributed by atoms with E-state index < -0.39 is 5.60 Å². The second-order valence-electron chi connectivity index (χ2n) is 5.20. The van der Waals surface area contributed by atoms with E-state index in [4.69, 9.17) is 0 Å². The van der Waals surface area contributed by atoms with Crippen LogP contribution < -0.4 is 10.6 Å². The van der Waals surface area contributed by atoms with Crippen LogP contribution in [0.4, 0.5) is 4.79 Å². The summed E-state index contributed by atoms with van der Waals surface area (Å²) in [6, 6.07) is 11.1. The maximum Gasteiger partial charge on any atom is 0.315 e. The van der Waals surface area contributed by atoms with Crippen molar-refractivity contribution in [2.45, 2.75) is 26.0 Å². The molecule has 1 aromatic carbocycles. The summed E-state index contributed by atoms with van der Waals surface area (Å²) in [7, 11) is 0. The van der Waals surface area contributed by atoms with Gasteiger partial charge < -0.3 is 15.7 Å². The van der Waals surface area contributed by atoms with Gasteiger partial charge in [-0.2, -0.15) is 0 Å². The van der Waals surface area contributed by atoms with Crippen LogP contribution >= 0.6 is 11.3 Å². The maximum atomic E-state index is 11.8. The van der Waals surface area contributed by atoms with Gasteiger partial charge in [-0.3, -0.25) is 0 Å². The topological polar surface area (TPSA) is 61.4 Å². The number of rotatable bonds is 5. The van der Waals surface area contributed by atoms with Crippen molar-refractivity contribution in [3.8, 4) is 0 Å². The molecule has 0 bridgehead atoms. The summed E-state index contributed by atoms with van der Waals surface area (Å²) in [6.45, 7) is 4.37. The number of benzene rings is 1. The highest BCUT2D eigenvalue weighted by molar-refractivity contribution is 7.10. The molecule has 0 aliphatic rings. The average Bonchev–Trinajstić information content (AvgIpc) is 2.89. The molecule has 3 N–H and O–H groups in total. The molecule has 0 aliphatic heterocycles. The molecule has 4 nitrogen and oxygen atoms in total. The summed E-state index contributed by atoms with van der Waals surface area (Å²) in [6.07, 6.45) is 0. The molecule has 2 rings (SSSR count). The molecule has 2 aromatic rings. The van der Waals surface area contributed by atoms with Crippen molar-refractivity contribution in [3.63, 3.8) is 0 Å². The minimum atomic E-state index is -1.09. The molecule has 1 atom stereocenters. The second-order valence-corrected chi connectivity index (χ2v) is 6.20. The van der Waals surface area contributed by atoms with E-state index >= 15 is 0 Å². The van der Waals surface area contributed by atoms with Gasteiger partial charge in [0.25, 0.3) is 0 Å². The van der Waals surface area contributed by atoms with E-state index in [0.29, 0.717) is 6.54 Å². The molecule has 0 aliphatic carbocycles. The molecule has 0 saturated heterocycles. The first-order chi connectivity index (χ1) is 9.99. The Labute approximate surface area is 128 Å². The van der Waals surface area contributed by atoms with Crippen LogP contribution in [0.3, 0.4) is 0 Å². The first kappa shape index (κ1) is 15.5. The highest BCUT2D eigenvalue weighted by Crippen LogP contribution is 2.19. The first-order valence-corrected chi connectivity index (χ1v) is 7.69. The van der Waals surface area contributed by atoms with Gasteiger partial charge in [0.1, 0.15) is 5.60 Å². The summed E-state index contributed by atoms with van der Waals surface area (Å²) in [4.78, 5) is 12.9. The number of carbonyl (C=O) groups is 1. The minimum absolute atomic E-state index is 0.159. The number of aryl methyl sites for hydroxylation is 1. The van der Waals surface area contributed by atoms with Gasteiger partial charge in [-0.15, -0.1) is 11.3 Å². The number of hydrogen-bond acceptors (Lipinski definition) is 3. The summed E-state index contributed by atoms with van der Waals surface area (Å²) in [5.74, 6) is 0. The molecule has 112 valence electrons. The van der Waals surface area contributed by atoms with Crippen molar-refractivity contribution in [1.82, 2.24) is 10.6 Å². The van der Waals surface area contributed by atoms with Gasteiger partial charge in [0.2, 0.25) is 0 Å². The number of amides is 2. The lowest BCUT2D eigenvalue weighted by atomic mass is 9.96. The Balaban J connectivity index is 1.82. The largest absolute Gasteiger partial charge is 0.384 e. The predicted molar refractivity (Wildman–Crippen MR) is 85.3 cm³/mol. The monoisotopic (exact) mass is 304 g/mol. The lowest BCUT2D eigenvalue weighted by molar-refractivity contribution is 0.0594. The molecular formula is C16H20N2O2S. The predicted octanol–water partition coefficient (Wildman–Crippen LogP) is 2.76. The zero-order valence-corrected chi connectivity index (χ0v) is 13.0. The van der Waals surface area contributed by atoms with Gasteiger partial charge >= 0.3 is 6.03 Å². The van der Waals surface area contributed by atoms with E-state index in [1.807, 2.05) is 48.7 Å². The minimum Gasteiger partial charge on any atom is -0.384 e. The van der Waals surface area contributed by atoms with E-state index in [2.05, 4.69) is 10.6 Å². The summed E-state index contributed by atoms with van der Waals surface area (Å²) < 4.78 is 0. The highest BCUT2D eigenvalue weighted by atomic mass is 32.1. The van der Waals surface area contributed by atoms with Gasteiger partial charge in [0, 0.05) is 4.88 Å². The van der Waals surface area contributed by atoms with Gasteiger partial charge in [-0.05, 0) is 36.4 Å². The fourth-order valence-electron chi connectivity index (χ4n) is 1.96. The van der Waals surface area contributed by atoms with Crippen molar-refractivity contribution in [2.24, 2.45) is 0 Å². The summed E-state index contributed by atoms with van der Waals surface area (Å²) >= 11 is 1.62. The van der Waals surface area contributed by atoms with Gasteiger partial charge in [-0.25, -0.2) is 4.79 Å². The molecule has 5 heteroatoms. The smallest absolute Gasteiger partial charge is 0.315 e. The highest BCUT2D eigenvalue weighted by Gasteiger charge is 2.23. The Morgan fingerprint density at radius 2 is 1.95 bits per heavy atom. The maximum absolute atomic E-state index is 11.8. The second kappa shape index (κ2) is 6.74. The van der Waals surface area contributed by atoms with Crippen molar-refractivity contribution < 1.29 is 9.90 Å². The number of carbonyl (C=O) groups excluding carboxylic acids is 1. The van der Waals surface area contributed by atoms with Crippen LogP contribution in [0.2, 0.25) is 0 Å². The Hall–Kier alpha value is -1.85. The number of nitrogens with one attached hydrogen (secondary N) is 2. The molecule has 0 spiro atoms. The number of urea groups is 1.